The van der Waals surface area contributed by atoms with Gasteiger partial charge in [0, 0.05) is 11.8 Å². The highest BCUT2D eigenvalue weighted by molar-refractivity contribution is 7.80. The van der Waals surface area contributed by atoms with Crippen LogP contribution >= 0.6 is 23.8 Å². The normalized spacial score (nSPS) is 10.4. The number of carbonyl (C=O) groups is 1. The molecule has 0 saturated carbocycles. The third kappa shape index (κ3) is 6.12. The first kappa shape index (κ1) is 20.5. The Bertz CT molecular complexity index is 860. The van der Waals surface area contributed by atoms with Crippen molar-refractivity contribution in [2.24, 2.45) is 0 Å². The summed E-state index contributed by atoms with van der Waals surface area (Å²) in [6.07, 6.45) is 2.85. The quantitative estimate of drug-likeness (QED) is 0.398. The molecular weight excluding hydrogens is 393 g/mol. The number of ether oxygens (including phenoxy) is 2. The van der Waals surface area contributed by atoms with E-state index in [0.29, 0.717) is 27.8 Å². The second-order valence-electron chi connectivity index (χ2n) is 5.15. The predicted molar refractivity (Wildman–Crippen MR) is 107 cm³/mol. The SMILES string of the molecule is COc1cc(/C=C/C(=O)NNC(=S)Nc2ccc(F)cc2)cc(Cl)c1OC. The number of anilines is 1. The molecule has 0 radical (unpaired) electrons. The minimum absolute atomic E-state index is 0.150. The van der Waals surface area contributed by atoms with E-state index in [1.54, 1.807) is 18.2 Å². The van der Waals surface area contributed by atoms with Crippen LogP contribution in [-0.2, 0) is 4.79 Å². The monoisotopic (exact) mass is 409 g/mol. The van der Waals surface area contributed by atoms with Crippen LogP contribution in [0, 0.1) is 5.82 Å². The Balaban J connectivity index is 1.90. The van der Waals surface area contributed by atoms with Gasteiger partial charge in [-0.05, 0) is 60.3 Å². The first-order chi connectivity index (χ1) is 12.9. The van der Waals surface area contributed by atoms with Crippen molar-refractivity contribution in [2.75, 3.05) is 19.5 Å². The van der Waals surface area contributed by atoms with Crippen LogP contribution in [0.1, 0.15) is 5.56 Å². The zero-order valence-corrected chi connectivity index (χ0v) is 16.1. The zero-order valence-electron chi connectivity index (χ0n) is 14.5. The summed E-state index contributed by atoms with van der Waals surface area (Å²) in [5, 5.41) is 3.31. The molecule has 0 saturated heterocycles. The highest BCUT2D eigenvalue weighted by atomic mass is 35.5. The van der Waals surface area contributed by atoms with E-state index in [1.165, 1.54) is 44.6 Å². The lowest BCUT2D eigenvalue weighted by Gasteiger charge is -2.11. The predicted octanol–water partition coefficient (Wildman–Crippen LogP) is 3.53. The number of halogens is 2. The van der Waals surface area contributed by atoms with Crippen molar-refractivity contribution in [1.82, 2.24) is 10.9 Å². The fourth-order valence-corrected chi connectivity index (χ4v) is 2.53. The van der Waals surface area contributed by atoms with Crippen LogP contribution in [0.2, 0.25) is 5.02 Å². The maximum atomic E-state index is 12.9. The number of hydrogen-bond acceptors (Lipinski definition) is 4. The van der Waals surface area contributed by atoms with E-state index >= 15 is 0 Å². The molecule has 0 fully saturated rings. The highest BCUT2D eigenvalue weighted by Crippen LogP contribution is 2.36. The van der Waals surface area contributed by atoms with Gasteiger partial charge in [-0.25, -0.2) is 4.39 Å². The summed E-state index contributed by atoms with van der Waals surface area (Å²) in [7, 11) is 2.98. The molecule has 0 aliphatic carbocycles. The molecule has 0 unspecified atom stereocenters. The van der Waals surface area contributed by atoms with Crippen LogP contribution in [0.15, 0.2) is 42.5 Å². The van der Waals surface area contributed by atoms with Gasteiger partial charge in [0.2, 0.25) is 0 Å². The first-order valence-corrected chi connectivity index (χ1v) is 8.43. The summed E-state index contributed by atoms with van der Waals surface area (Å²) in [6, 6.07) is 8.95. The molecule has 1 amide bonds. The average molecular weight is 410 g/mol. The maximum Gasteiger partial charge on any atom is 0.262 e. The number of thiocarbonyl (C=S) groups is 1. The van der Waals surface area contributed by atoms with E-state index in [9.17, 15) is 9.18 Å². The molecule has 0 heterocycles. The number of hydrogen-bond donors (Lipinski definition) is 3. The number of hydrazine groups is 1. The van der Waals surface area contributed by atoms with Gasteiger partial charge in [0.05, 0.1) is 19.2 Å². The Morgan fingerprint density at radius 2 is 1.85 bits per heavy atom. The van der Waals surface area contributed by atoms with Crippen LogP contribution in [0.5, 0.6) is 11.5 Å². The lowest BCUT2D eigenvalue weighted by Crippen LogP contribution is -2.43. The zero-order chi connectivity index (χ0) is 19.8. The molecule has 0 atom stereocenters. The number of amides is 1. The summed E-state index contributed by atoms with van der Waals surface area (Å²) in [5.74, 6) is 0.0739. The van der Waals surface area contributed by atoms with E-state index in [0.717, 1.165) is 0 Å². The first-order valence-electron chi connectivity index (χ1n) is 7.65. The minimum Gasteiger partial charge on any atom is -0.493 e. The molecule has 0 aliphatic heterocycles. The van der Waals surface area contributed by atoms with Crippen LogP contribution in [0.25, 0.3) is 6.08 Å². The van der Waals surface area contributed by atoms with Crippen molar-refractivity contribution in [3.05, 3.63) is 58.9 Å². The fourth-order valence-electron chi connectivity index (χ4n) is 2.06. The smallest absolute Gasteiger partial charge is 0.262 e. The molecule has 2 aromatic rings. The Hall–Kier alpha value is -2.84. The van der Waals surface area contributed by atoms with Crippen LogP contribution in [-0.4, -0.2) is 25.2 Å². The molecule has 0 aromatic heterocycles. The summed E-state index contributed by atoms with van der Waals surface area (Å²) in [4.78, 5) is 11.9. The number of carbonyl (C=O) groups excluding carboxylic acids is 1. The average Bonchev–Trinajstić information content (AvgIpc) is 2.66. The van der Waals surface area contributed by atoms with E-state index in [-0.39, 0.29) is 10.9 Å². The van der Waals surface area contributed by atoms with Gasteiger partial charge in [0.1, 0.15) is 5.82 Å². The van der Waals surface area contributed by atoms with Gasteiger partial charge in [-0.3, -0.25) is 15.6 Å². The summed E-state index contributed by atoms with van der Waals surface area (Å²) >= 11 is 11.2. The number of benzene rings is 2. The standard InChI is InChI=1S/C18H17ClFN3O3S/c1-25-15-10-11(9-14(19)17(15)26-2)3-8-16(24)22-23-18(27)21-13-6-4-12(20)5-7-13/h3-10H,1-2H3,(H,22,24)(H2,21,23,27)/b8-3+. The maximum absolute atomic E-state index is 12.9. The minimum atomic E-state index is -0.441. The van der Waals surface area contributed by atoms with Gasteiger partial charge in [-0.2, -0.15) is 0 Å². The largest absolute Gasteiger partial charge is 0.493 e. The van der Waals surface area contributed by atoms with E-state index in [4.69, 9.17) is 33.3 Å². The Kier molecular flexibility index (Phi) is 7.39. The molecule has 0 spiro atoms. The molecule has 6 nitrogen and oxygen atoms in total. The van der Waals surface area contributed by atoms with Gasteiger partial charge in [-0.15, -0.1) is 0 Å². The molecule has 0 aliphatic rings. The van der Waals surface area contributed by atoms with Crippen molar-refractivity contribution in [2.45, 2.75) is 0 Å². The van der Waals surface area contributed by atoms with Gasteiger partial charge in [0.25, 0.3) is 5.91 Å². The topological polar surface area (TPSA) is 71.6 Å². The number of methoxy groups -OCH3 is 2. The molecule has 142 valence electrons. The Labute approximate surface area is 166 Å². The molecule has 2 rings (SSSR count). The van der Waals surface area contributed by atoms with E-state index in [2.05, 4.69) is 16.2 Å². The van der Waals surface area contributed by atoms with Gasteiger partial charge < -0.3 is 14.8 Å². The molecule has 3 N–H and O–H groups in total. The molecule has 9 heteroatoms. The van der Waals surface area contributed by atoms with Crippen molar-refractivity contribution in [3.63, 3.8) is 0 Å². The van der Waals surface area contributed by atoms with Crippen molar-refractivity contribution in [3.8, 4) is 11.5 Å². The molecule has 0 bridgehead atoms. The van der Waals surface area contributed by atoms with Crippen LogP contribution in [0.3, 0.4) is 0 Å². The molecular formula is C18H17ClFN3O3S. The summed E-state index contributed by atoms with van der Waals surface area (Å²) < 4.78 is 23.2. The van der Waals surface area contributed by atoms with Gasteiger partial charge in [-0.1, -0.05) is 11.6 Å². The van der Waals surface area contributed by atoms with Gasteiger partial charge >= 0.3 is 0 Å². The lowest BCUT2D eigenvalue weighted by atomic mass is 10.2. The Morgan fingerprint density at radius 3 is 2.48 bits per heavy atom. The number of nitrogens with one attached hydrogen (secondary N) is 3. The van der Waals surface area contributed by atoms with E-state index in [1.807, 2.05) is 0 Å². The molecule has 2 aromatic carbocycles. The van der Waals surface area contributed by atoms with Crippen LogP contribution < -0.4 is 25.6 Å². The Morgan fingerprint density at radius 1 is 1.15 bits per heavy atom. The lowest BCUT2D eigenvalue weighted by molar-refractivity contribution is -0.116. The second kappa shape index (κ2) is 9.75. The van der Waals surface area contributed by atoms with Crippen molar-refractivity contribution < 1.29 is 18.7 Å². The molecule has 27 heavy (non-hydrogen) atoms. The van der Waals surface area contributed by atoms with Gasteiger partial charge in [0.15, 0.2) is 16.6 Å². The van der Waals surface area contributed by atoms with Crippen molar-refractivity contribution in [1.29, 1.82) is 0 Å². The third-order valence-electron chi connectivity index (χ3n) is 3.28. The van der Waals surface area contributed by atoms with Crippen LogP contribution in [0.4, 0.5) is 10.1 Å². The second-order valence-corrected chi connectivity index (χ2v) is 5.96. The summed E-state index contributed by atoms with van der Waals surface area (Å²) in [5.41, 5.74) is 6.18. The summed E-state index contributed by atoms with van der Waals surface area (Å²) in [6.45, 7) is 0. The van der Waals surface area contributed by atoms with Crippen molar-refractivity contribution >= 4 is 46.6 Å². The number of rotatable bonds is 5. The fraction of sp³-hybridized carbons (Fsp3) is 0.111. The third-order valence-corrected chi connectivity index (χ3v) is 3.77. The highest BCUT2D eigenvalue weighted by Gasteiger charge is 2.09. The van der Waals surface area contributed by atoms with E-state index < -0.39 is 5.91 Å².